The van der Waals surface area contributed by atoms with E-state index in [1.165, 1.54) is 12.7 Å². The van der Waals surface area contributed by atoms with Crippen LogP contribution in [0.1, 0.15) is 17.5 Å². The second-order valence-corrected chi connectivity index (χ2v) is 4.95. The van der Waals surface area contributed by atoms with Gasteiger partial charge in [0.2, 0.25) is 0 Å². The Bertz CT molecular complexity index is 427. The van der Waals surface area contributed by atoms with Crippen molar-refractivity contribution in [2.24, 2.45) is 0 Å². The highest BCUT2D eigenvalue weighted by Gasteiger charge is 2.21. The van der Waals surface area contributed by atoms with Crippen LogP contribution in [-0.4, -0.2) is 44.3 Å². The van der Waals surface area contributed by atoms with Gasteiger partial charge in [0.15, 0.2) is 0 Å². The molecule has 0 radical (unpaired) electrons. The van der Waals surface area contributed by atoms with Crippen molar-refractivity contribution in [1.29, 1.82) is 0 Å². The van der Waals surface area contributed by atoms with Gasteiger partial charge in [0, 0.05) is 19.2 Å². The summed E-state index contributed by atoms with van der Waals surface area (Å²) < 4.78 is 10.2. The van der Waals surface area contributed by atoms with E-state index in [-0.39, 0.29) is 5.97 Å². The van der Waals surface area contributed by atoms with Crippen molar-refractivity contribution in [3.05, 3.63) is 35.4 Å². The summed E-state index contributed by atoms with van der Waals surface area (Å²) >= 11 is 0. The minimum atomic E-state index is -0.195. The molecule has 4 nitrogen and oxygen atoms in total. The Labute approximate surface area is 114 Å². The van der Waals surface area contributed by atoms with Crippen LogP contribution in [0.5, 0.6) is 0 Å². The molecule has 0 N–H and O–H groups in total. The zero-order valence-corrected chi connectivity index (χ0v) is 11.6. The number of methoxy groups -OCH3 is 1. The van der Waals surface area contributed by atoms with E-state index in [1.54, 1.807) is 0 Å². The van der Waals surface area contributed by atoms with Crippen LogP contribution in [0.2, 0.25) is 0 Å². The number of ether oxygens (including phenoxy) is 2. The molecule has 0 amide bonds. The SMILES string of the molecule is COC(=O)Cc1ccccc1CN(C)C1CCOC1. The third-order valence-electron chi connectivity index (χ3n) is 3.63. The Morgan fingerprint density at radius 2 is 2.16 bits per heavy atom. The standard InChI is InChI=1S/C15H21NO3/c1-16(14-7-8-19-11-14)10-13-6-4-3-5-12(13)9-15(17)18-2/h3-6,14H,7-11H2,1-2H3. The maximum Gasteiger partial charge on any atom is 0.309 e. The molecule has 1 aromatic rings. The van der Waals surface area contributed by atoms with Gasteiger partial charge >= 0.3 is 5.97 Å². The molecule has 0 saturated carbocycles. The molecule has 0 aromatic heterocycles. The van der Waals surface area contributed by atoms with Crippen LogP contribution >= 0.6 is 0 Å². The second kappa shape index (κ2) is 6.68. The highest BCUT2D eigenvalue weighted by Crippen LogP contribution is 2.17. The smallest absolute Gasteiger partial charge is 0.309 e. The van der Waals surface area contributed by atoms with E-state index in [1.807, 2.05) is 18.2 Å². The molecule has 0 bridgehead atoms. The van der Waals surface area contributed by atoms with Gasteiger partial charge in [0.1, 0.15) is 0 Å². The number of nitrogens with zero attached hydrogens (tertiary/aromatic N) is 1. The van der Waals surface area contributed by atoms with Gasteiger partial charge in [-0.2, -0.15) is 0 Å². The van der Waals surface area contributed by atoms with Gasteiger partial charge < -0.3 is 9.47 Å². The summed E-state index contributed by atoms with van der Waals surface area (Å²) in [5.41, 5.74) is 2.22. The summed E-state index contributed by atoms with van der Waals surface area (Å²) in [4.78, 5) is 13.7. The molecule has 1 aromatic carbocycles. The third-order valence-corrected chi connectivity index (χ3v) is 3.63. The van der Waals surface area contributed by atoms with Crippen LogP contribution in [0.15, 0.2) is 24.3 Å². The predicted octanol–water partition coefficient (Wildman–Crippen LogP) is 1.62. The number of hydrogen-bond donors (Lipinski definition) is 0. The van der Waals surface area contributed by atoms with Crippen LogP contribution < -0.4 is 0 Å². The van der Waals surface area contributed by atoms with Gasteiger partial charge in [-0.25, -0.2) is 0 Å². The summed E-state index contributed by atoms with van der Waals surface area (Å²) in [6, 6.07) is 8.51. The van der Waals surface area contributed by atoms with Crippen LogP contribution in [-0.2, 0) is 27.2 Å². The Morgan fingerprint density at radius 3 is 2.79 bits per heavy atom. The minimum absolute atomic E-state index is 0.195. The topological polar surface area (TPSA) is 38.8 Å². The van der Waals surface area contributed by atoms with Gasteiger partial charge in [-0.3, -0.25) is 9.69 Å². The molecule has 4 heteroatoms. The fourth-order valence-corrected chi connectivity index (χ4v) is 2.38. The molecule has 19 heavy (non-hydrogen) atoms. The molecular weight excluding hydrogens is 242 g/mol. The lowest BCUT2D eigenvalue weighted by Gasteiger charge is -2.24. The normalized spacial score (nSPS) is 18.8. The van der Waals surface area contributed by atoms with E-state index >= 15 is 0 Å². The molecule has 104 valence electrons. The Balaban J connectivity index is 2.04. The maximum atomic E-state index is 11.4. The van der Waals surface area contributed by atoms with Crippen LogP contribution in [0.25, 0.3) is 0 Å². The Hall–Kier alpha value is -1.39. The number of carbonyl (C=O) groups excluding carboxylic acids is 1. The number of hydrogen-bond acceptors (Lipinski definition) is 4. The molecule has 0 spiro atoms. The first kappa shape index (κ1) is 14.0. The molecule has 1 aliphatic heterocycles. The van der Waals surface area contributed by atoms with Crippen molar-refractivity contribution in [3.63, 3.8) is 0 Å². The van der Waals surface area contributed by atoms with Crippen molar-refractivity contribution >= 4 is 5.97 Å². The maximum absolute atomic E-state index is 11.4. The van der Waals surface area contributed by atoms with Gasteiger partial charge in [-0.1, -0.05) is 24.3 Å². The summed E-state index contributed by atoms with van der Waals surface area (Å²) in [5.74, 6) is -0.195. The monoisotopic (exact) mass is 263 g/mol. The molecule has 2 rings (SSSR count). The molecule has 1 heterocycles. The summed E-state index contributed by atoms with van der Waals surface area (Å²) in [7, 11) is 3.53. The van der Waals surface area contributed by atoms with Crippen molar-refractivity contribution in [3.8, 4) is 0 Å². The van der Waals surface area contributed by atoms with Gasteiger partial charge in [0.25, 0.3) is 0 Å². The molecule has 1 atom stereocenters. The number of rotatable bonds is 5. The van der Waals surface area contributed by atoms with E-state index in [0.717, 1.165) is 31.7 Å². The highest BCUT2D eigenvalue weighted by atomic mass is 16.5. The van der Waals surface area contributed by atoms with Crippen molar-refractivity contribution < 1.29 is 14.3 Å². The fourth-order valence-electron chi connectivity index (χ4n) is 2.38. The quantitative estimate of drug-likeness (QED) is 0.757. The van der Waals surface area contributed by atoms with Gasteiger partial charge in [0.05, 0.1) is 20.1 Å². The molecular formula is C15H21NO3. The first-order chi connectivity index (χ1) is 9.20. The zero-order valence-electron chi connectivity index (χ0n) is 11.6. The van der Waals surface area contributed by atoms with Crippen molar-refractivity contribution in [2.45, 2.75) is 25.4 Å². The first-order valence-electron chi connectivity index (χ1n) is 6.62. The van der Waals surface area contributed by atoms with E-state index in [2.05, 4.69) is 18.0 Å². The second-order valence-electron chi connectivity index (χ2n) is 4.95. The lowest BCUT2D eigenvalue weighted by molar-refractivity contribution is -0.139. The molecule has 1 saturated heterocycles. The van der Waals surface area contributed by atoms with E-state index < -0.39 is 0 Å². The van der Waals surface area contributed by atoms with Crippen LogP contribution in [0.3, 0.4) is 0 Å². The zero-order chi connectivity index (χ0) is 13.7. The number of likely N-dealkylation sites (N-methyl/N-ethyl adjacent to an activating group) is 1. The van der Waals surface area contributed by atoms with E-state index in [4.69, 9.17) is 9.47 Å². The third kappa shape index (κ3) is 3.78. The summed E-state index contributed by atoms with van der Waals surface area (Å²) in [5, 5.41) is 0. The average molecular weight is 263 g/mol. The molecule has 1 unspecified atom stereocenters. The van der Waals surface area contributed by atoms with E-state index in [9.17, 15) is 4.79 Å². The molecule has 0 aliphatic carbocycles. The number of carbonyl (C=O) groups is 1. The van der Waals surface area contributed by atoms with E-state index in [0.29, 0.717) is 12.5 Å². The van der Waals surface area contributed by atoms with Crippen molar-refractivity contribution in [1.82, 2.24) is 4.90 Å². The fraction of sp³-hybridized carbons (Fsp3) is 0.533. The largest absolute Gasteiger partial charge is 0.469 e. The highest BCUT2D eigenvalue weighted by molar-refractivity contribution is 5.72. The predicted molar refractivity (Wildman–Crippen MR) is 72.9 cm³/mol. The molecule has 1 aliphatic rings. The van der Waals surface area contributed by atoms with Crippen LogP contribution in [0, 0.1) is 0 Å². The summed E-state index contributed by atoms with van der Waals surface area (Å²) in [6.07, 6.45) is 1.41. The van der Waals surface area contributed by atoms with Crippen molar-refractivity contribution in [2.75, 3.05) is 27.4 Å². The van der Waals surface area contributed by atoms with Gasteiger partial charge in [-0.15, -0.1) is 0 Å². The van der Waals surface area contributed by atoms with Crippen LogP contribution in [0.4, 0.5) is 0 Å². The summed E-state index contributed by atoms with van der Waals surface area (Å²) in [6.45, 7) is 2.48. The number of benzene rings is 1. The average Bonchev–Trinajstić information content (AvgIpc) is 2.95. The lowest BCUT2D eigenvalue weighted by Crippen LogP contribution is -2.31. The van der Waals surface area contributed by atoms with Gasteiger partial charge in [-0.05, 0) is 24.6 Å². The minimum Gasteiger partial charge on any atom is -0.469 e. The first-order valence-corrected chi connectivity index (χ1v) is 6.62. The number of esters is 1. The Morgan fingerprint density at radius 1 is 1.42 bits per heavy atom. The Kier molecular flexibility index (Phi) is 4.93. The lowest BCUT2D eigenvalue weighted by atomic mass is 10.0. The molecule has 1 fully saturated rings.